The van der Waals surface area contributed by atoms with E-state index < -0.39 is 29.4 Å². The van der Waals surface area contributed by atoms with Gasteiger partial charge in [0.25, 0.3) is 5.56 Å². The number of halogens is 6. The molecule has 1 heterocycles. The smallest absolute Gasteiger partial charge is 0.352 e. The van der Waals surface area contributed by atoms with Gasteiger partial charge in [0, 0.05) is 4.47 Å². The first-order valence-electron chi connectivity index (χ1n) is 9.07. The van der Waals surface area contributed by atoms with E-state index in [9.17, 15) is 22.4 Å². The molecule has 0 atom stereocenters. The Hall–Kier alpha value is -2.59. The predicted molar refractivity (Wildman–Crippen MR) is 114 cm³/mol. The molecule has 170 valence electrons. The lowest BCUT2D eigenvalue weighted by Crippen LogP contribution is -2.31. The Balaban J connectivity index is 2.12. The Morgan fingerprint density at radius 3 is 2.41 bits per heavy atom. The van der Waals surface area contributed by atoms with Crippen molar-refractivity contribution in [3.05, 3.63) is 79.4 Å². The standard InChI is InChI=1S/C21H16BrClF4N2O3/c1-11-7-13(22)8-15(23)16(11)32-17-18(21(26,27)20(24)25)28-10-29(19(17)30)9-12-3-5-14(31-2)6-4-12/h3-8,10,20H,9H2,1-2H3. The molecule has 11 heteroatoms. The van der Waals surface area contributed by atoms with Crippen LogP contribution in [-0.4, -0.2) is 23.1 Å². The highest BCUT2D eigenvalue weighted by atomic mass is 79.9. The fourth-order valence-electron chi connectivity index (χ4n) is 2.86. The van der Waals surface area contributed by atoms with E-state index in [2.05, 4.69) is 20.9 Å². The molecule has 5 nitrogen and oxygen atoms in total. The van der Waals surface area contributed by atoms with Gasteiger partial charge in [0.1, 0.15) is 11.5 Å². The van der Waals surface area contributed by atoms with Crippen molar-refractivity contribution in [2.75, 3.05) is 7.11 Å². The SMILES string of the molecule is COc1ccc(Cn2cnc(C(F)(F)C(F)F)c(Oc3c(C)cc(Br)cc3Cl)c2=O)cc1. The maximum atomic E-state index is 14.2. The summed E-state index contributed by atoms with van der Waals surface area (Å²) in [5.74, 6) is -5.29. The third-order valence-electron chi connectivity index (χ3n) is 4.50. The molecule has 0 aliphatic carbocycles. The number of hydrogen-bond donors (Lipinski definition) is 0. The van der Waals surface area contributed by atoms with Crippen molar-refractivity contribution in [2.24, 2.45) is 0 Å². The first kappa shape index (κ1) is 24.1. The van der Waals surface area contributed by atoms with Crippen molar-refractivity contribution < 1.29 is 27.0 Å². The number of hydrogen-bond acceptors (Lipinski definition) is 4. The number of alkyl halides is 4. The van der Waals surface area contributed by atoms with E-state index in [1.165, 1.54) is 13.2 Å². The highest BCUT2D eigenvalue weighted by molar-refractivity contribution is 9.10. The molecular formula is C21H16BrClF4N2O3. The van der Waals surface area contributed by atoms with Crippen LogP contribution in [0.3, 0.4) is 0 Å². The fraction of sp³-hybridized carbons (Fsp3) is 0.238. The van der Waals surface area contributed by atoms with Crippen molar-refractivity contribution in [3.63, 3.8) is 0 Å². The summed E-state index contributed by atoms with van der Waals surface area (Å²) in [6.07, 6.45) is -3.32. The van der Waals surface area contributed by atoms with Crippen LogP contribution in [0.5, 0.6) is 17.2 Å². The molecule has 3 aromatic rings. The van der Waals surface area contributed by atoms with Crippen molar-refractivity contribution in [3.8, 4) is 17.2 Å². The molecule has 1 aromatic heterocycles. The minimum absolute atomic E-state index is 0.00635. The van der Waals surface area contributed by atoms with Gasteiger partial charge < -0.3 is 9.47 Å². The summed E-state index contributed by atoms with van der Waals surface area (Å²) < 4.78 is 66.7. The van der Waals surface area contributed by atoms with Gasteiger partial charge in [-0.25, -0.2) is 13.8 Å². The van der Waals surface area contributed by atoms with Crippen LogP contribution in [0.2, 0.25) is 5.02 Å². The summed E-state index contributed by atoms with van der Waals surface area (Å²) in [5, 5.41) is -0.00635. The quantitative estimate of drug-likeness (QED) is 0.340. The Kier molecular flexibility index (Phi) is 7.14. The maximum Gasteiger partial charge on any atom is 0.352 e. The van der Waals surface area contributed by atoms with Gasteiger partial charge in [-0.15, -0.1) is 0 Å². The normalized spacial score (nSPS) is 11.7. The van der Waals surface area contributed by atoms with E-state index in [4.69, 9.17) is 21.1 Å². The lowest BCUT2D eigenvalue weighted by atomic mass is 10.2. The average Bonchev–Trinajstić information content (AvgIpc) is 2.73. The third-order valence-corrected chi connectivity index (χ3v) is 5.23. The van der Waals surface area contributed by atoms with E-state index in [1.807, 2.05) is 0 Å². The van der Waals surface area contributed by atoms with Crippen LogP contribution in [-0.2, 0) is 12.5 Å². The summed E-state index contributed by atoms with van der Waals surface area (Å²) >= 11 is 9.36. The molecule has 32 heavy (non-hydrogen) atoms. The summed E-state index contributed by atoms with van der Waals surface area (Å²) in [4.78, 5) is 16.5. The zero-order valence-corrected chi connectivity index (χ0v) is 19.1. The summed E-state index contributed by atoms with van der Waals surface area (Å²) in [5.41, 5.74) is -1.53. The van der Waals surface area contributed by atoms with Crippen molar-refractivity contribution in [1.29, 1.82) is 0 Å². The number of benzene rings is 2. The van der Waals surface area contributed by atoms with Crippen molar-refractivity contribution >= 4 is 27.5 Å². The second-order valence-electron chi connectivity index (χ2n) is 6.76. The molecule has 0 radical (unpaired) electrons. The molecule has 0 spiro atoms. The number of ether oxygens (including phenoxy) is 2. The molecular weight excluding hydrogens is 520 g/mol. The maximum absolute atomic E-state index is 14.2. The summed E-state index contributed by atoms with van der Waals surface area (Å²) in [7, 11) is 1.49. The van der Waals surface area contributed by atoms with Crippen molar-refractivity contribution in [2.45, 2.75) is 25.8 Å². The Morgan fingerprint density at radius 1 is 1.19 bits per heavy atom. The van der Waals surface area contributed by atoms with E-state index in [1.54, 1.807) is 37.3 Å². The molecule has 3 rings (SSSR count). The molecule has 2 aromatic carbocycles. The highest BCUT2D eigenvalue weighted by Crippen LogP contribution is 2.41. The van der Waals surface area contributed by atoms with Crippen LogP contribution >= 0.6 is 27.5 Å². The second kappa shape index (κ2) is 9.50. The van der Waals surface area contributed by atoms with E-state index in [0.717, 1.165) is 10.9 Å². The molecule has 0 N–H and O–H groups in total. The van der Waals surface area contributed by atoms with Gasteiger partial charge in [-0.2, -0.15) is 8.78 Å². The van der Waals surface area contributed by atoms with E-state index in [-0.39, 0.29) is 17.3 Å². The molecule has 0 amide bonds. The molecule has 0 aliphatic rings. The second-order valence-corrected chi connectivity index (χ2v) is 8.09. The number of nitrogens with zero attached hydrogens (tertiary/aromatic N) is 2. The fourth-order valence-corrected chi connectivity index (χ4v) is 3.87. The van der Waals surface area contributed by atoms with E-state index >= 15 is 0 Å². The van der Waals surface area contributed by atoms with Gasteiger partial charge in [0.05, 0.1) is 25.0 Å². The van der Waals surface area contributed by atoms with Gasteiger partial charge >= 0.3 is 12.3 Å². The van der Waals surface area contributed by atoms with Crippen LogP contribution in [0.1, 0.15) is 16.8 Å². The largest absolute Gasteiger partial charge is 0.497 e. The molecule has 0 aliphatic heterocycles. The highest BCUT2D eigenvalue weighted by Gasteiger charge is 2.48. The van der Waals surface area contributed by atoms with Crippen LogP contribution in [0.25, 0.3) is 0 Å². The van der Waals surface area contributed by atoms with Gasteiger partial charge in [-0.3, -0.25) is 9.36 Å². The lowest BCUT2D eigenvalue weighted by Gasteiger charge is -2.20. The number of rotatable bonds is 7. The predicted octanol–water partition coefficient (Wildman–Crippen LogP) is 6.17. The zero-order valence-electron chi connectivity index (χ0n) is 16.7. The lowest BCUT2D eigenvalue weighted by molar-refractivity contribution is -0.139. The van der Waals surface area contributed by atoms with Crippen LogP contribution in [0.15, 0.2) is 52.0 Å². The molecule has 0 saturated heterocycles. The first-order valence-corrected chi connectivity index (χ1v) is 10.2. The van der Waals surface area contributed by atoms with Gasteiger partial charge in [0.15, 0.2) is 5.69 Å². The number of methoxy groups -OCH3 is 1. The number of aryl methyl sites for hydroxylation is 1. The van der Waals surface area contributed by atoms with Crippen LogP contribution in [0.4, 0.5) is 17.6 Å². The van der Waals surface area contributed by atoms with Gasteiger partial charge in [-0.1, -0.05) is 39.7 Å². The van der Waals surface area contributed by atoms with Crippen LogP contribution < -0.4 is 15.0 Å². The first-order chi connectivity index (χ1) is 15.0. The number of aromatic nitrogens is 2. The summed E-state index contributed by atoms with van der Waals surface area (Å²) in [6, 6.07) is 9.59. The molecule has 0 fully saturated rings. The van der Waals surface area contributed by atoms with Crippen LogP contribution in [0, 0.1) is 6.92 Å². The minimum Gasteiger partial charge on any atom is -0.497 e. The Morgan fingerprint density at radius 2 is 1.84 bits per heavy atom. The van der Waals surface area contributed by atoms with E-state index in [0.29, 0.717) is 21.3 Å². The average molecular weight is 536 g/mol. The molecule has 0 bridgehead atoms. The van der Waals surface area contributed by atoms with Crippen molar-refractivity contribution in [1.82, 2.24) is 9.55 Å². The Labute approximate surface area is 193 Å². The molecule has 0 saturated carbocycles. The minimum atomic E-state index is -4.72. The molecule has 0 unspecified atom stereocenters. The van der Waals surface area contributed by atoms with Gasteiger partial charge in [0.2, 0.25) is 5.75 Å². The third kappa shape index (κ3) is 4.91. The monoisotopic (exact) mass is 534 g/mol. The Bertz CT molecular complexity index is 1160. The van der Waals surface area contributed by atoms with Gasteiger partial charge in [-0.05, 0) is 42.3 Å². The topological polar surface area (TPSA) is 53.4 Å². The summed E-state index contributed by atoms with van der Waals surface area (Å²) in [6.45, 7) is 1.49. The zero-order chi connectivity index (χ0) is 23.6.